The molecule has 3 N–H and O–H groups in total. The van der Waals surface area contributed by atoms with Gasteiger partial charge in [-0.05, 0) is 30.2 Å². The molecule has 0 saturated carbocycles. The number of hydrogen-bond acceptors (Lipinski definition) is 3. The van der Waals surface area contributed by atoms with Crippen LogP contribution in [0.15, 0.2) is 42.7 Å². The summed E-state index contributed by atoms with van der Waals surface area (Å²) in [5, 5.41) is 2.72. The maximum atomic E-state index is 13.0. The molecular weight excluding hydrogens is 257 g/mol. The molecule has 0 atom stereocenters. The van der Waals surface area contributed by atoms with Crippen LogP contribution >= 0.6 is 0 Å². The second kappa shape index (κ2) is 6.77. The molecule has 0 unspecified atom stereocenters. The smallest absolute Gasteiger partial charge is 0.253 e. The van der Waals surface area contributed by atoms with E-state index in [9.17, 15) is 9.18 Å². The van der Waals surface area contributed by atoms with E-state index < -0.39 is 5.82 Å². The molecule has 1 aromatic heterocycles. The van der Waals surface area contributed by atoms with Gasteiger partial charge >= 0.3 is 0 Å². The predicted molar refractivity (Wildman–Crippen MR) is 74.6 cm³/mol. The van der Waals surface area contributed by atoms with Gasteiger partial charge in [0.1, 0.15) is 5.82 Å². The van der Waals surface area contributed by atoms with Gasteiger partial charge in [-0.2, -0.15) is 0 Å². The number of carbonyl (C=O) groups is 1. The zero-order valence-corrected chi connectivity index (χ0v) is 11.0. The Balaban J connectivity index is 1.93. The molecule has 0 spiro atoms. The van der Waals surface area contributed by atoms with Crippen LogP contribution in [0.4, 0.5) is 4.39 Å². The molecule has 2 aromatic rings. The number of carbonyl (C=O) groups excluding carboxylic acids is 1. The fourth-order valence-corrected chi connectivity index (χ4v) is 1.81. The molecule has 2 rings (SSSR count). The highest BCUT2D eigenvalue weighted by molar-refractivity contribution is 5.93. The van der Waals surface area contributed by atoms with E-state index in [1.165, 1.54) is 6.20 Å². The normalized spacial score (nSPS) is 10.3. The lowest BCUT2D eigenvalue weighted by Crippen LogP contribution is -2.23. The van der Waals surface area contributed by atoms with Gasteiger partial charge in [-0.3, -0.25) is 9.78 Å². The SMILES string of the molecule is NCCc1ccc(CNC(=O)c2cncc(F)c2)cc1. The van der Waals surface area contributed by atoms with Gasteiger partial charge in [0, 0.05) is 12.7 Å². The van der Waals surface area contributed by atoms with Gasteiger partial charge in [0.05, 0.1) is 11.8 Å². The number of benzene rings is 1. The fraction of sp³-hybridized carbons (Fsp3) is 0.200. The molecule has 0 radical (unpaired) electrons. The third-order valence-electron chi connectivity index (χ3n) is 2.88. The molecule has 1 amide bonds. The Morgan fingerprint density at radius 1 is 1.20 bits per heavy atom. The van der Waals surface area contributed by atoms with Crippen molar-refractivity contribution >= 4 is 5.91 Å². The van der Waals surface area contributed by atoms with Crippen LogP contribution < -0.4 is 11.1 Å². The molecule has 0 aliphatic heterocycles. The lowest BCUT2D eigenvalue weighted by Gasteiger charge is -2.06. The van der Waals surface area contributed by atoms with Gasteiger partial charge in [-0.15, -0.1) is 0 Å². The van der Waals surface area contributed by atoms with E-state index in [2.05, 4.69) is 10.3 Å². The van der Waals surface area contributed by atoms with E-state index in [-0.39, 0.29) is 11.5 Å². The topological polar surface area (TPSA) is 68.0 Å². The van der Waals surface area contributed by atoms with Crippen molar-refractivity contribution in [1.29, 1.82) is 0 Å². The Morgan fingerprint density at radius 2 is 1.90 bits per heavy atom. The Labute approximate surface area is 116 Å². The lowest BCUT2D eigenvalue weighted by atomic mass is 10.1. The standard InChI is InChI=1S/C15H16FN3O/c16-14-7-13(9-18-10-14)15(20)19-8-12-3-1-11(2-4-12)5-6-17/h1-4,7,9-10H,5-6,8,17H2,(H,19,20). The summed E-state index contributed by atoms with van der Waals surface area (Å²) in [6.45, 7) is 1.00. The summed E-state index contributed by atoms with van der Waals surface area (Å²) in [5.41, 5.74) is 7.83. The second-order valence-corrected chi connectivity index (χ2v) is 4.43. The van der Waals surface area contributed by atoms with Crippen molar-refractivity contribution in [3.05, 3.63) is 65.2 Å². The highest BCUT2D eigenvalue weighted by Crippen LogP contribution is 2.06. The molecule has 5 heteroatoms. The molecule has 4 nitrogen and oxygen atoms in total. The number of pyridine rings is 1. The summed E-state index contributed by atoms with van der Waals surface area (Å²) in [4.78, 5) is 15.5. The minimum atomic E-state index is -0.524. The first-order chi connectivity index (χ1) is 9.69. The quantitative estimate of drug-likeness (QED) is 0.870. The zero-order valence-electron chi connectivity index (χ0n) is 11.0. The van der Waals surface area contributed by atoms with Crippen LogP contribution in [-0.4, -0.2) is 17.4 Å². The van der Waals surface area contributed by atoms with Crippen LogP contribution in [-0.2, 0) is 13.0 Å². The summed E-state index contributed by atoms with van der Waals surface area (Å²) >= 11 is 0. The van der Waals surface area contributed by atoms with E-state index >= 15 is 0 Å². The fourth-order valence-electron chi connectivity index (χ4n) is 1.81. The largest absolute Gasteiger partial charge is 0.348 e. The average Bonchev–Trinajstić information content (AvgIpc) is 2.46. The number of amides is 1. The summed E-state index contributed by atoms with van der Waals surface area (Å²) < 4.78 is 13.0. The Kier molecular flexibility index (Phi) is 4.79. The van der Waals surface area contributed by atoms with Crippen LogP contribution in [0.25, 0.3) is 0 Å². The molecule has 1 aromatic carbocycles. The van der Waals surface area contributed by atoms with Crippen LogP contribution in [0.2, 0.25) is 0 Å². The molecule has 20 heavy (non-hydrogen) atoms. The molecule has 0 fully saturated rings. The van der Waals surface area contributed by atoms with Crippen molar-refractivity contribution in [1.82, 2.24) is 10.3 Å². The number of rotatable bonds is 5. The monoisotopic (exact) mass is 273 g/mol. The van der Waals surface area contributed by atoms with E-state index in [4.69, 9.17) is 5.73 Å². The van der Waals surface area contributed by atoms with Gasteiger partial charge < -0.3 is 11.1 Å². The van der Waals surface area contributed by atoms with Crippen molar-refractivity contribution in [2.45, 2.75) is 13.0 Å². The number of nitrogens with two attached hydrogens (primary N) is 1. The van der Waals surface area contributed by atoms with Crippen LogP contribution in [0.1, 0.15) is 21.5 Å². The number of nitrogens with zero attached hydrogens (tertiary/aromatic N) is 1. The number of nitrogens with one attached hydrogen (secondary N) is 1. The number of hydrogen-bond donors (Lipinski definition) is 2. The second-order valence-electron chi connectivity index (χ2n) is 4.43. The van der Waals surface area contributed by atoms with E-state index in [0.717, 1.165) is 29.8 Å². The van der Waals surface area contributed by atoms with Crippen molar-refractivity contribution in [3.8, 4) is 0 Å². The van der Waals surface area contributed by atoms with Crippen molar-refractivity contribution < 1.29 is 9.18 Å². The van der Waals surface area contributed by atoms with Crippen molar-refractivity contribution in [3.63, 3.8) is 0 Å². The molecule has 0 aliphatic rings. The summed E-state index contributed by atoms with van der Waals surface area (Å²) in [6, 6.07) is 9.01. The highest BCUT2D eigenvalue weighted by Gasteiger charge is 2.06. The summed E-state index contributed by atoms with van der Waals surface area (Å²) in [5.74, 6) is -0.869. The third-order valence-corrected chi connectivity index (χ3v) is 2.88. The Morgan fingerprint density at radius 3 is 2.55 bits per heavy atom. The molecule has 0 saturated heterocycles. The van der Waals surface area contributed by atoms with Gasteiger partial charge in [-0.25, -0.2) is 4.39 Å². The summed E-state index contributed by atoms with van der Waals surface area (Å²) in [6.07, 6.45) is 3.23. The van der Waals surface area contributed by atoms with E-state index in [0.29, 0.717) is 13.1 Å². The molecule has 0 aliphatic carbocycles. The average molecular weight is 273 g/mol. The maximum absolute atomic E-state index is 13.0. The first kappa shape index (κ1) is 14.1. The first-order valence-electron chi connectivity index (χ1n) is 6.35. The van der Waals surface area contributed by atoms with Gasteiger partial charge in [0.2, 0.25) is 0 Å². The van der Waals surface area contributed by atoms with Gasteiger partial charge in [0.15, 0.2) is 0 Å². The summed E-state index contributed by atoms with van der Waals surface area (Å²) in [7, 11) is 0. The van der Waals surface area contributed by atoms with Crippen molar-refractivity contribution in [2.75, 3.05) is 6.54 Å². The van der Waals surface area contributed by atoms with Gasteiger partial charge in [-0.1, -0.05) is 24.3 Å². The molecule has 1 heterocycles. The third kappa shape index (κ3) is 3.86. The van der Waals surface area contributed by atoms with E-state index in [1.54, 1.807) is 0 Å². The number of halogens is 1. The van der Waals surface area contributed by atoms with Gasteiger partial charge in [0.25, 0.3) is 5.91 Å². The highest BCUT2D eigenvalue weighted by atomic mass is 19.1. The maximum Gasteiger partial charge on any atom is 0.253 e. The van der Waals surface area contributed by atoms with Crippen LogP contribution in [0.3, 0.4) is 0 Å². The van der Waals surface area contributed by atoms with E-state index in [1.807, 2.05) is 24.3 Å². The Hall–Kier alpha value is -2.27. The number of aromatic nitrogens is 1. The van der Waals surface area contributed by atoms with Crippen LogP contribution in [0.5, 0.6) is 0 Å². The van der Waals surface area contributed by atoms with Crippen LogP contribution in [0, 0.1) is 5.82 Å². The zero-order chi connectivity index (χ0) is 14.4. The Bertz CT molecular complexity index is 584. The minimum absolute atomic E-state index is 0.213. The minimum Gasteiger partial charge on any atom is -0.348 e. The lowest BCUT2D eigenvalue weighted by molar-refractivity contribution is 0.0950. The molecular formula is C15H16FN3O. The predicted octanol–water partition coefficient (Wildman–Crippen LogP) is 1.65. The molecule has 0 bridgehead atoms. The van der Waals surface area contributed by atoms with Crippen molar-refractivity contribution in [2.24, 2.45) is 5.73 Å². The first-order valence-corrected chi connectivity index (χ1v) is 6.35. The molecule has 104 valence electrons.